The quantitative estimate of drug-likeness (QED) is 0.531. The summed E-state index contributed by atoms with van der Waals surface area (Å²) in [5.41, 5.74) is 5.82. The lowest BCUT2D eigenvalue weighted by atomic mass is 9.99. The Morgan fingerprint density at radius 1 is 1.50 bits per heavy atom. The molecule has 2 aliphatic rings. The van der Waals surface area contributed by atoms with Gasteiger partial charge < -0.3 is 4.90 Å². The summed E-state index contributed by atoms with van der Waals surface area (Å²) in [7, 11) is 0. The predicted molar refractivity (Wildman–Crippen MR) is 50.4 cm³/mol. The normalized spacial score (nSPS) is 19.8. The molecule has 0 atom stereocenters. The number of rotatable bonds is 1. The zero-order valence-corrected chi connectivity index (χ0v) is 7.54. The molecule has 1 nitrogen and oxygen atoms in total. The van der Waals surface area contributed by atoms with Crippen molar-refractivity contribution in [3.63, 3.8) is 0 Å². The van der Waals surface area contributed by atoms with Crippen LogP contribution in [0.25, 0.3) is 0 Å². The second kappa shape index (κ2) is 2.69. The van der Waals surface area contributed by atoms with Crippen LogP contribution >= 0.6 is 0 Å². The van der Waals surface area contributed by atoms with E-state index in [0.29, 0.717) is 5.92 Å². The SMILES string of the molecule is CC(C)C1=CCN2C=C=CC2=C1. The van der Waals surface area contributed by atoms with Crippen LogP contribution in [0.3, 0.4) is 0 Å². The van der Waals surface area contributed by atoms with Crippen molar-refractivity contribution < 1.29 is 0 Å². The highest BCUT2D eigenvalue weighted by molar-refractivity contribution is 5.37. The molecule has 0 aromatic heterocycles. The fourth-order valence-electron chi connectivity index (χ4n) is 1.49. The molecule has 0 amide bonds. The molecular formula is C11H13N. The highest BCUT2D eigenvalue weighted by Crippen LogP contribution is 2.23. The van der Waals surface area contributed by atoms with Crippen molar-refractivity contribution >= 4 is 0 Å². The average molecular weight is 159 g/mol. The van der Waals surface area contributed by atoms with E-state index in [0.717, 1.165) is 6.54 Å². The smallest absolute Gasteiger partial charge is 0.0495 e. The van der Waals surface area contributed by atoms with Crippen molar-refractivity contribution in [2.45, 2.75) is 13.8 Å². The Balaban J connectivity index is 2.25. The average Bonchev–Trinajstić information content (AvgIpc) is 2.49. The molecular weight excluding hydrogens is 146 g/mol. The van der Waals surface area contributed by atoms with E-state index in [2.05, 4.69) is 36.6 Å². The molecule has 0 fully saturated rings. The van der Waals surface area contributed by atoms with Crippen LogP contribution in [0, 0.1) is 5.92 Å². The van der Waals surface area contributed by atoms with Crippen LogP contribution in [0.5, 0.6) is 0 Å². The Hall–Kier alpha value is -1.20. The standard InChI is InChI=1S/C11H13N/c1-9(2)10-5-7-12-6-3-4-11(12)8-10/h4-6,8-9H,7H2,1-2H3. The van der Waals surface area contributed by atoms with Crippen molar-refractivity contribution in [1.29, 1.82) is 0 Å². The maximum atomic E-state index is 3.10. The zero-order valence-electron chi connectivity index (χ0n) is 7.54. The van der Waals surface area contributed by atoms with Crippen LogP contribution in [0.4, 0.5) is 0 Å². The van der Waals surface area contributed by atoms with Gasteiger partial charge in [-0.15, -0.1) is 5.73 Å². The van der Waals surface area contributed by atoms with Crippen LogP contribution < -0.4 is 0 Å². The first-order chi connectivity index (χ1) is 5.77. The summed E-state index contributed by atoms with van der Waals surface area (Å²) >= 11 is 0. The highest BCUT2D eigenvalue weighted by Gasteiger charge is 2.13. The lowest BCUT2D eigenvalue weighted by molar-refractivity contribution is 0.529. The summed E-state index contributed by atoms with van der Waals surface area (Å²) in [4.78, 5) is 2.20. The van der Waals surface area contributed by atoms with Gasteiger partial charge in [0.05, 0.1) is 0 Å². The van der Waals surface area contributed by atoms with Gasteiger partial charge in [0.25, 0.3) is 0 Å². The summed E-state index contributed by atoms with van der Waals surface area (Å²) in [6.45, 7) is 5.46. The molecule has 0 aliphatic carbocycles. The van der Waals surface area contributed by atoms with E-state index in [1.54, 1.807) is 0 Å². The molecule has 0 radical (unpaired) electrons. The number of fused-ring (bicyclic) bond motifs is 1. The molecule has 62 valence electrons. The number of hydrogen-bond acceptors (Lipinski definition) is 1. The van der Waals surface area contributed by atoms with Gasteiger partial charge in [0.2, 0.25) is 0 Å². The maximum Gasteiger partial charge on any atom is 0.0495 e. The first-order valence-corrected chi connectivity index (χ1v) is 4.38. The largest absolute Gasteiger partial charge is 0.337 e. The lowest BCUT2D eigenvalue weighted by Crippen LogP contribution is -2.17. The van der Waals surface area contributed by atoms with E-state index >= 15 is 0 Å². The van der Waals surface area contributed by atoms with E-state index in [1.165, 1.54) is 11.3 Å². The second-order valence-corrected chi connectivity index (χ2v) is 3.52. The molecule has 0 saturated carbocycles. The fraction of sp³-hybridized carbons (Fsp3) is 0.364. The first-order valence-electron chi connectivity index (χ1n) is 4.38. The van der Waals surface area contributed by atoms with E-state index in [-0.39, 0.29) is 0 Å². The van der Waals surface area contributed by atoms with Crippen LogP contribution in [-0.2, 0) is 0 Å². The fourth-order valence-corrected chi connectivity index (χ4v) is 1.49. The van der Waals surface area contributed by atoms with Gasteiger partial charge in [0.15, 0.2) is 0 Å². The van der Waals surface area contributed by atoms with Crippen molar-refractivity contribution in [1.82, 2.24) is 4.90 Å². The summed E-state index contributed by atoms with van der Waals surface area (Å²) in [5.74, 6) is 0.633. The molecule has 0 saturated heterocycles. The van der Waals surface area contributed by atoms with Crippen molar-refractivity contribution in [2.75, 3.05) is 6.54 Å². The van der Waals surface area contributed by atoms with Crippen LogP contribution in [0.2, 0.25) is 0 Å². The summed E-state index contributed by atoms with van der Waals surface area (Å²) < 4.78 is 0. The molecule has 2 heterocycles. The molecule has 0 spiro atoms. The van der Waals surface area contributed by atoms with Crippen molar-refractivity contribution in [3.8, 4) is 0 Å². The van der Waals surface area contributed by atoms with Crippen LogP contribution in [-0.4, -0.2) is 11.4 Å². The zero-order chi connectivity index (χ0) is 8.55. The predicted octanol–water partition coefficient (Wildman–Crippen LogP) is 2.45. The minimum absolute atomic E-state index is 0.633. The van der Waals surface area contributed by atoms with Gasteiger partial charge in [-0.05, 0) is 17.6 Å². The molecule has 2 rings (SSSR count). The van der Waals surface area contributed by atoms with Crippen LogP contribution in [0.1, 0.15) is 13.8 Å². The van der Waals surface area contributed by atoms with E-state index in [9.17, 15) is 0 Å². The van der Waals surface area contributed by atoms with Gasteiger partial charge in [0, 0.05) is 24.5 Å². The van der Waals surface area contributed by atoms with Gasteiger partial charge in [-0.1, -0.05) is 19.9 Å². The summed E-state index contributed by atoms with van der Waals surface area (Å²) in [6.07, 6.45) is 8.56. The van der Waals surface area contributed by atoms with Gasteiger partial charge in [-0.2, -0.15) is 0 Å². The Bertz CT molecular complexity index is 312. The molecule has 0 aromatic carbocycles. The Morgan fingerprint density at radius 3 is 3.08 bits per heavy atom. The minimum Gasteiger partial charge on any atom is -0.337 e. The van der Waals surface area contributed by atoms with E-state index in [1.807, 2.05) is 12.3 Å². The van der Waals surface area contributed by atoms with Gasteiger partial charge in [-0.25, -0.2) is 0 Å². The Kier molecular flexibility index (Phi) is 1.67. The summed E-state index contributed by atoms with van der Waals surface area (Å²) in [6, 6.07) is 0. The number of hydrogen-bond donors (Lipinski definition) is 0. The third-order valence-corrected chi connectivity index (χ3v) is 2.30. The monoisotopic (exact) mass is 159 g/mol. The minimum atomic E-state index is 0.633. The molecule has 0 N–H and O–H groups in total. The molecule has 12 heavy (non-hydrogen) atoms. The maximum absolute atomic E-state index is 3.10. The van der Waals surface area contributed by atoms with Gasteiger partial charge >= 0.3 is 0 Å². The van der Waals surface area contributed by atoms with Gasteiger partial charge in [-0.3, -0.25) is 0 Å². The third kappa shape index (κ3) is 1.13. The van der Waals surface area contributed by atoms with Crippen molar-refractivity contribution in [2.24, 2.45) is 5.92 Å². The van der Waals surface area contributed by atoms with E-state index in [4.69, 9.17) is 0 Å². The second-order valence-electron chi connectivity index (χ2n) is 3.52. The molecule has 2 aliphatic heterocycles. The number of nitrogens with zero attached hydrogens (tertiary/aromatic N) is 1. The lowest BCUT2D eigenvalue weighted by Gasteiger charge is -2.22. The summed E-state index contributed by atoms with van der Waals surface area (Å²) in [5, 5.41) is 0. The Labute approximate surface area is 73.4 Å². The van der Waals surface area contributed by atoms with Gasteiger partial charge in [0.1, 0.15) is 0 Å². The number of allylic oxidation sites excluding steroid dienone is 3. The highest BCUT2D eigenvalue weighted by atomic mass is 15.1. The Morgan fingerprint density at radius 2 is 2.33 bits per heavy atom. The molecule has 0 bridgehead atoms. The molecule has 0 aromatic rings. The molecule has 1 heteroatoms. The topological polar surface area (TPSA) is 3.24 Å². The van der Waals surface area contributed by atoms with Crippen molar-refractivity contribution in [3.05, 3.63) is 41.4 Å². The first kappa shape index (κ1) is 7.45. The third-order valence-electron chi connectivity index (χ3n) is 2.30. The van der Waals surface area contributed by atoms with Crippen LogP contribution in [0.15, 0.2) is 41.4 Å². The molecule has 0 unspecified atom stereocenters. The van der Waals surface area contributed by atoms with E-state index < -0.39 is 0 Å².